The van der Waals surface area contributed by atoms with E-state index in [9.17, 15) is 8.42 Å². The van der Waals surface area contributed by atoms with E-state index in [2.05, 4.69) is 4.72 Å². The number of hydrogen-bond donors (Lipinski definition) is 1. The lowest BCUT2D eigenvalue weighted by Crippen LogP contribution is -2.31. The summed E-state index contributed by atoms with van der Waals surface area (Å²) in [5.74, 6) is 2.69. The van der Waals surface area contributed by atoms with E-state index >= 15 is 0 Å². The summed E-state index contributed by atoms with van der Waals surface area (Å²) in [6, 6.07) is 8.54. The number of nitriles is 1. The molecule has 0 amide bonds. The summed E-state index contributed by atoms with van der Waals surface area (Å²) in [5.41, 5.74) is 0.829. The lowest BCUT2D eigenvalue weighted by Gasteiger charge is -2.21. The summed E-state index contributed by atoms with van der Waals surface area (Å²) >= 11 is 1.93. The molecule has 1 fully saturated rings. The number of rotatable bonds is 5. The van der Waals surface area contributed by atoms with Crippen LogP contribution in [0.5, 0.6) is 0 Å². The Kier molecular flexibility index (Phi) is 5.46. The summed E-state index contributed by atoms with van der Waals surface area (Å²) in [6.07, 6.45) is 2.45. The molecule has 1 N–H and O–H groups in total. The Bertz CT molecular complexity index is 570. The van der Waals surface area contributed by atoms with Crippen LogP contribution in [0.1, 0.15) is 18.4 Å². The molecule has 1 heterocycles. The molecule has 108 valence electrons. The monoisotopic (exact) mass is 310 g/mol. The van der Waals surface area contributed by atoms with Gasteiger partial charge in [-0.1, -0.05) is 12.1 Å². The predicted molar refractivity (Wildman–Crippen MR) is 81.0 cm³/mol. The minimum absolute atomic E-state index is 0.268. The molecule has 0 unspecified atom stereocenters. The van der Waals surface area contributed by atoms with Gasteiger partial charge in [-0.3, -0.25) is 0 Å². The zero-order valence-corrected chi connectivity index (χ0v) is 12.8. The van der Waals surface area contributed by atoms with Crippen molar-refractivity contribution in [3.63, 3.8) is 0 Å². The Hall–Kier alpha value is -1.03. The molecule has 0 aliphatic carbocycles. The van der Waals surface area contributed by atoms with Crippen LogP contribution in [0.2, 0.25) is 0 Å². The van der Waals surface area contributed by atoms with Crippen molar-refractivity contribution < 1.29 is 8.42 Å². The third-order valence-corrected chi connectivity index (χ3v) is 5.91. The van der Waals surface area contributed by atoms with Gasteiger partial charge in [0, 0.05) is 6.54 Å². The van der Waals surface area contributed by atoms with Crippen LogP contribution in [0.4, 0.5) is 0 Å². The number of hydrogen-bond acceptors (Lipinski definition) is 4. The molecule has 0 bridgehead atoms. The molecular formula is C14H18N2O2S2. The van der Waals surface area contributed by atoms with Crippen molar-refractivity contribution in [2.75, 3.05) is 18.1 Å². The van der Waals surface area contributed by atoms with Gasteiger partial charge >= 0.3 is 0 Å². The van der Waals surface area contributed by atoms with E-state index in [0.29, 0.717) is 18.9 Å². The lowest BCUT2D eigenvalue weighted by molar-refractivity contribution is 0.476. The number of sulfonamides is 1. The smallest absolute Gasteiger partial charge is 0.211 e. The molecule has 1 aliphatic heterocycles. The van der Waals surface area contributed by atoms with Crippen molar-refractivity contribution >= 4 is 21.8 Å². The first kappa shape index (κ1) is 15.4. The van der Waals surface area contributed by atoms with Crippen LogP contribution in [0.15, 0.2) is 29.2 Å². The van der Waals surface area contributed by atoms with Gasteiger partial charge in [-0.25, -0.2) is 13.1 Å². The Balaban J connectivity index is 1.96. The first-order valence-corrected chi connectivity index (χ1v) is 9.29. The first-order valence-electron chi connectivity index (χ1n) is 6.65. The van der Waals surface area contributed by atoms with Gasteiger partial charge in [0.1, 0.15) is 0 Å². The number of nitrogens with one attached hydrogen (secondary N) is 1. The van der Waals surface area contributed by atoms with Crippen molar-refractivity contribution in [1.82, 2.24) is 4.72 Å². The molecule has 20 heavy (non-hydrogen) atoms. The minimum atomic E-state index is -3.43. The summed E-state index contributed by atoms with van der Waals surface area (Å²) in [7, 11) is -3.43. The Morgan fingerprint density at radius 3 is 2.50 bits per heavy atom. The second-order valence-corrected chi connectivity index (χ2v) is 7.88. The van der Waals surface area contributed by atoms with E-state index < -0.39 is 10.0 Å². The van der Waals surface area contributed by atoms with E-state index in [1.165, 1.54) is 0 Å². The zero-order valence-electron chi connectivity index (χ0n) is 11.2. The van der Waals surface area contributed by atoms with Gasteiger partial charge in [-0.15, -0.1) is 0 Å². The van der Waals surface area contributed by atoms with Crippen LogP contribution in [0.3, 0.4) is 0 Å². The van der Waals surface area contributed by atoms with Gasteiger partial charge < -0.3 is 0 Å². The van der Waals surface area contributed by atoms with Crippen LogP contribution in [0.25, 0.3) is 0 Å². The fourth-order valence-electron chi connectivity index (χ4n) is 2.14. The van der Waals surface area contributed by atoms with Gasteiger partial charge in [-0.05, 0) is 48.0 Å². The molecule has 2 rings (SSSR count). The maximum absolute atomic E-state index is 12.2. The molecule has 1 aromatic rings. The van der Waals surface area contributed by atoms with E-state index in [1.807, 2.05) is 17.8 Å². The average Bonchev–Trinajstić information content (AvgIpc) is 2.47. The summed E-state index contributed by atoms with van der Waals surface area (Å²) in [4.78, 5) is 0.268. The van der Waals surface area contributed by atoms with Crippen LogP contribution in [-0.2, 0) is 16.4 Å². The highest BCUT2D eigenvalue weighted by molar-refractivity contribution is 7.99. The van der Waals surface area contributed by atoms with Gasteiger partial charge in [0.05, 0.1) is 17.4 Å². The molecule has 1 aliphatic rings. The molecule has 1 saturated heterocycles. The maximum Gasteiger partial charge on any atom is 0.240 e. The molecule has 4 nitrogen and oxygen atoms in total. The standard InChI is InChI=1S/C14H18N2O2S2/c15-8-5-12-1-3-14(4-2-12)20(17,18)16-11-13-6-9-19-10-7-13/h1-4,13,16H,5-7,9-11H2. The van der Waals surface area contributed by atoms with Crippen molar-refractivity contribution in [1.29, 1.82) is 5.26 Å². The molecule has 0 atom stereocenters. The molecule has 0 radical (unpaired) electrons. The number of nitrogens with zero attached hydrogens (tertiary/aromatic N) is 1. The molecule has 6 heteroatoms. The van der Waals surface area contributed by atoms with Crippen molar-refractivity contribution in [2.24, 2.45) is 5.92 Å². The van der Waals surface area contributed by atoms with Gasteiger partial charge in [0.2, 0.25) is 10.0 Å². The van der Waals surface area contributed by atoms with Gasteiger partial charge in [0.15, 0.2) is 0 Å². The van der Waals surface area contributed by atoms with Crippen molar-refractivity contribution in [2.45, 2.75) is 24.2 Å². The second-order valence-electron chi connectivity index (χ2n) is 4.89. The first-order chi connectivity index (χ1) is 9.62. The Labute approximate surface area is 124 Å². The van der Waals surface area contributed by atoms with Crippen molar-refractivity contribution in [3.05, 3.63) is 29.8 Å². The third kappa shape index (κ3) is 4.23. The average molecular weight is 310 g/mol. The molecule has 0 aromatic heterocycles. The second kappa shape index (κ2) is 7.11. The van der Waals surface area contributed by atoms with Crippen LogP contribution >= 0.6 is 11.8 Å². The van der Waals surface area contributed by atoms with Gasteiger partial charge in [-0.2, -0.15) is 17.0 Å². The highest BCUT2D eigenvalue weighted by atomic mass is 32.2. The highest BCUT2D eigenvalue weighted by Crippen LogP contribution is 2.22. The summed E-state index contributed by atoms with van der Waals surface area (Å²) in [6.45, 7) is 0.517. The highest BCUT2D eigenvalue weighted by Gasteiger charge is 2.18. The van der Waals surface area contributed by atoms with Gasteiger partial charge in [0.25, 0.3) is 0 Å². The Morgan fingerprint density at radius 2 is 1.90 bits per heavy atom. The quantitative estimate of drug-likeness (QED) is 0.905. The van der Waals surface area contributed by atoms with E-state index in [4.69, 9.17) is 5.26 Å². The van der Waals surface area contributed by atoms with Crippen molar-refractivity contribution in [3.8, 4) is 6.07 Å². The third-order valence-electron chi connectivity index (χ3n) is 3.42. The number of thioether (sulfide) groups is 1. The maximum atomic E-state index is 12.2. The largest absolute Gasteiger partial charge is 0.240 e. The van der Waals surface area contributed by atoms with Crippen LogP contribution in [-0.4, -0.2) is 26.5 Å². The summed E-state index contributed by atoms with van der Waals surface area (Å²) < 4.78 is 27.0. The summed E-state index contributed by atoms with van der Waals surface area (Å²) in [5, 5.41) is 8.60. The fraction of sp³-hybridized carbons (Fsp3) is 0.500. The number of benzene rings is 1. The minimum Gasteiger partial charge on any atom is -0.211 e. The normalized spacial score (nSPS) is 16.8. The van der Waals surface area contributed by atoms with Crippen LogP contribution < -0.4 is 4.72 Å². The topological polar surface area (TPSA) is 70.0 Å². The fourth-order valence-corrected chi connectivity index (χ4v) is 4.46. The SMILES string of the molecule is N#CCc1ccc(S(=O)(=O)NCC2CCSCC2)cc1. The molecule has 0 spiro atoms. The predicted octanol–water partition coefficient (Wildman–Crippen LogP) is 2.17. The zero-order chi connectivity index (χ0) is 14.4. The molecule has 0 saturated carbocycles. The van der Waals surface area contributed by atoms with E-state index in [-0.39, 0.29) is 4.90 Å². The Morgan fingerprint density at radius 1 is 1.25 bits per heavy atom. The van der Waals surface area contributed by atoms with Crippen LogP contribution in [0, 0.1) is 17.2 Å². The van der Waals surface area contributed by atoms with E-state index in [0.717, 1.165) is 29.9 Å². The molecular weight excluding hydrogens is 292 g/mol. The van der Waals surface area contributed by atoms with E-state index in [1.54, 1.807) is 24.3 Å². The molecule has 1 aromatic carbocycles. The lowest BCUT2D eigenvalue weighted by atomic mass is 10.0.